The molecule has 2 rings (SSSR count). The zero-order chi connectivity index (χ0) is 12.1. The summed E-state index contributed by atoms with van der Waals surface area (Å²) in [6, 6.07) is 0. The van der Waals surface area contributed by atoms with Crippen LogP contribution >= 0.6 is 0 Å². The van der Waals surface area contributed by atoms with E-state index in [2.05, 4.69) is 15.1 Å². The van der Waals surface area contributed by atoms with E-state index in [9.17, 15) is 0 Å². The van der Waals surface area contributed by atoms with Gasteiger partial charge in [-0.3, -0.25) is 4.90 Å². The average Bonchev–Trinajstić information content (AvgIpc) is 2.73. The summed E-state index contributed by atoms with van der Waals surface area (Å²) in [6.45, 7) is 5.79. The highest BCUT2D eigenvalue weighted by Crippen LogP contribution is 2.11. The minimum atomic E-state index is 0.243. The molecule has 1 atom stereocenters. The number of morpholine rings is 1. The van der Waals surface area contributed by atoms with Gasteiger partial charge in [-0.2, -0.15) is 0 Å². The molecule has 0 N–H and O–H groups in total. The van der Waals surface area contributed by atoms with Crippen molar-refractivity contribution in [3.05, 3.63) is 11.8 Å². The smallest absolute Gasteiger partial charge is 0.230 e. The van der Waals surface area contributed by atoms with E-state index in [4.69, 9.17) is 13.9 Å². The van der Waals surface area contributed by atoms with E-state index in [0.717, 1.165) is 32.7 Å². The number of methoxy groups -OCH3 is 1. The van der Waals surface area contributed by atoms with Crippen LogP contribution in [-0.2, 0) is 16.0 Å². The van der Waals surface area contributed by atoms with Gasteiger partial charge in [-0.25, -0.2) is 0 Å². The quantitative estimate of drug-likeness (QED) is 0.753. The molecule has 0 radical (unpaired) electrons. The first-order valence-corrected chi connectivity index (χ1v) is 5.90. The Hall–Kier alpha value is -0.980. The fraction of sp³-hybridized carbons (Fsp3) is 0.818. The number of rotatable bonds is 5. The molecule has 2 heterocycles. The van der Waals surface area contributed by atoms with Gasteiger partial charge >= 0.3 is 0 Å². The van der Waals surface area contributed by atoms with Crippen LogP contribution in [-0.4, -0.2) is 54.6 Å². The van der Waals surface area contributed by atoms with Crippen LogP contribution in [0.5, 0.6) is 0 Å². The number of nitrogens with zero attached hydrogens (tertiary/aromatic N) is 3. The van der Waals surface area contributed by atoms with Crippen LogP contribution in [0, 0.1) is 6.92 Å². The Balaban J connectivity index is 1.80. The highest BCUT2D eigenvalue weighted by molar-refractivity contribution is 4.81. The highest BCUT2D eigenvalue weighted by Gasteiger charge is 2.21. The first-order valence-electron chi connectivity index (χ1n) is 5.90. The zero-order valence-corrected chi connectivity index (χ0v) is 10.4. The molecule has 17 heavy (non-hydrogen) atoms. The molecule has 0 amide bonds. The molecular weight excluding hydrogens is 222 g/mol. The van der Waals surface area contributed by atoms with Gasteiger partial charge in [0.2, 0.25) is 11.8 Å². The van der Waals surface area contributed by atoms with Gasteiger partial charge in [-0.15, -0.1) is 10.2 Å². The normalized spacial score (nSPS) is 21.9. The zero-order valence-electron chi connectivity index (χ0n) is 10.4. The molecule has 0 bridgehead atoms. The molecule has 1 aromatic rings. The molecule has 1 aliphatic rings. The summed E-state index contributed by atoms with van der Waals surface area (Å²) in [5, 5.41) is 7.83. The second-order valence-electron chi connectivity index (χ2n) is 4.22. The van der Waals surface area contributed by atoms with E-state index < -0.39 is 0 Å². The van der Waals surface area contributed by atoms with Crippen molar-refractivity contribution in [1.29, 1.82) is 0 Å². The molecule has 0 saturated carbocycles. The van der Waals surface area contributed by atoms with Crippen LogP contribution in [0.4, 0.5) is 0 Å². The van der Waals surface area contributed by atoms with E-state index in [-0.39, 0.29) is 6.10 Å². The van der Waals surface area contributed by atoms with Crippen LogP contribution in [0.1, 0.15) is 18.2 Å². The van der Waals surface area contributed by atoms with Crippen molar-refractivity contribution < 1.29 is 13.9 Å². The molecule has 6 heteroatoms. The second kappa shape index (κ2) is 6.09. The summed E-state index contributed by atoms with van der Waals surface area (Å²) in [4.78, 5) is 2.27. The van der Waals surface area contributed by atoms with Gasteiger partial charge in [0.25, 0.3) is 0 Å². The maximum atomic E-state index is 5.66. The van der Waals surface area contributed by atoms with Crippen LogP contribution in [0.3, 0.4) is 0 Å². The molecule has 1 unspecified atom stereocenters. The summed E-state index contributed by atoms with van der Waals surface area (Å²) in [7, 11) is 1.71. The standard InChI is InChI=1S/C11H19N3O3/c1-9-12-13-11(17-9)8-14-4-6-16-10(7-14)3-5-15-2/h10H,3-8H2,1-2H3. The highest BCUT2D eigenvalue weighted by atomic mass is 16.5. The third-order valence-corrected chi connectivity index (χ3v) is 2.79. The van der Waals surface area contributed by atoms with Gasteiger partial charge in [0, 0.05) is 33.7 Å². The predicted octanol–water partition coefficient (Wildman–Crippen LogP) is 0.615. The number of hydrogen-bond donors (Lipinski definition) is 0. The number of ether oxygens (including phenoxy) is 2. The molecule has 0 aliphatic carbocycles. The van der Waals surface area contributed by atoms with E-state index >= 15 is 0 Å². The van der Waals surface area contributed by atoms with Crippen molar-refractivity contribution >= 4 is 0 Å². The molecule has 1 fully saturated rings. The first-order chi connectivity index (χ1) is 8.28. The Morgan fingerprint density at radius 3 is 3.06 bits per heavy atom. The topological polar surface area (TPSA) is 60.6 Å². The summed E-state index contributed by atoms with van der Waals surface area (Å²) in [5.74, 6) is 1.29. The lowest BCUT2D eigenvalue weighted by Gasteiger charge is -2.31. The Morgan fingerprint density at radius 2 is 2.35 bits per heavy atom. The van der Waals surface area contributed by atoms with Crippen LogP contribution in [0.25, 0.3) is 0 Å². The largest absolute Gasteiger partial charge is 0.424 e. The third-order valence-electron chi connectivity index (χ3n) is 2.79. The lowest BCUT2D eigenvalue weighted by molar-refractivity contribution is -0.0452. The molecule has 1 aromatic heterocycles. The molecule has 1 aliphatic heterocycles. The minimum absolute atomic E-state index is 0.243. The van der Waals surface area contributed by atoms with E-state index in [0.29, 0.717) is 18.3 Å². The Bertz CT molecular complexity index is 342. The molecule has 6 nitrogen and oxygen atoms in total. The monoisotopic (exact) mass is 241 g/mol. The minimum Gasteiger partial charge on any atom is -0.424 e. The van der Waals surface area contributed by atoms with Crippen molar-refractivity contribution in [2.75, 3.05) is 33.4 Å². The van der Waals surface area contributed by atoms with Crippen molar-refractivity contribution in [2.24, 2.45) is 0 Å². The van der Waals surface area contributed by atoms with Crippen molar-refractivity contribution in [1.82, 2.24) is 15.1 Å². The molecule has 0 aromatic carbocycles. The van der Waals surface area contributed by atoms with E-state index in [1.807, 2.05) is 0 Å². The lowest BCUT2D eigenvalue weighted by Crippen LogP contribution is -2.42. The molecule has 96 valence electrons. The Labute approximate surface area is 101 Å². The van der Waals surface area contributed by atoms with Crippen molar-refractivity contribution in [3.63, 3.8) is 0 Å². The molecule has 0 spiro atoms. The molecule has 1 saturated heterocycles. The van der Waals surface area contributed by atoms with Crippen LogP contribution in [0.2, 0.25) is 0 Å². The second-order valence-corrected chi connectivity index (χ2v) is 4.22. The summed E-state index contributed by atoms with van der Waals surface area (Å²) in [6.07, 6.45) is 1.17. The summed E-state index contributed by atoms with van der Waals surface area (Å²) < 4.78 is 16.1. The number of hydrogen-bond acceptors (Lipinski definition) is 6. The van der Waals surface area contributed by atoms with Gasteiger partial charge in [0.05, 0.1) is 19.3 Å². The summed E-state index contributed by atoms with van der Waals surface area (Å²) >= 11 is 0. The first kappa shape index (κ1) is 12.5. The molecular formula is C11H19N3O3. The van der Waals surface area contributed by atoms with Crippen molar-refractivity contribution in [2.45, 2.75) is 26.0 Å². The lowest BCUT2D eigenvalue weighted by atomic mass is 10.2. The Morgan fingerprint density at radius 1 is 1.47 bits per heavy atom. The van der Waals surface area contributed by atoms with Gasteiger partial charge in [0.1, 0.15) is 0 Å². The van der Waals surface area contributed by atoms with E-state index in [1.165, 1.54) is 0 Å². The average molecular weight is 241 g/mol. The van der Waals surface area contributed by atoms with Gasteiger partial charge < -0.3 is 13.9 Å². The van der Waals surface area contributed by atoms with Crippen LogP contribution in [0.15, 0.2) is 4.42 Å². The van der Waals surface area contributed by atoms with Gasteiger partial charge in [0.15, 0.2) is 0 Å². The number of aromatic nitrogens is 2. The SMILES string of the molecule is COCCC1CN(Cc2nnc(C)o2)CCO1. The Kier molecular flexibility index (Phi) is 4.47. The van der Waals surface area contributed by atoms with E-state index in [1.54, 1.807) is 14.0 Å². The summed E-state index contributed by atoms with van der Waals surface area (Å²) in [5.41, 5.74) is 0. The third kappa shape index (κ3) is 3.76. The van der Waals surface area contributed by atoms with Gasteiger partial charge in [-0.05, 0) is 6.42 Å². The van der Waals surface area contributed by atoms with Gasteiger partial charge in [-0.1, -0.05) is 0 Å². The van der Waals surface area contributed by atoms with Crippen molar-refractivity contribution in [3.8, 4) is 0 Å². The predicted molar refractivity (Wildman–Crippen MR) is 60.5 cm³/mol. The maximum absolute atomic E-state index is 5.66. The van der Waals surface area contributed by atoms with Crippen LogP contribution < -0.4 is 0 Å². The maximum Gasteiger partial charge on any atom is 0.230 e. The fourth-order valence-corrected chi connectivity index (χ4v) is 1.94. The fourth-order valence-electron chi connectivity index (χ4n) is 1.94. The number of aryl methyl sites for hydroxylation is 1.